The van der Waals surface area contributed by atoms with Crippen LogP contribution in [-0.2, 0) is 0 Å². The standard InChI is InChI=1S/Al.B3H2N.3H/c;1-2-3-4;;;/h;4H2;;;. The zero-order valence-electron chi connectivity index (χ0n) is 2.31. The molecule has 0 aliphatic heterocycles. The van der Waals surface area contributed by atoms with E-state index in [0.29, 0.717) is 0 Å². The average molecular weight is 78.5 g/mol. The van der Waals surface area contributed by atoms with Crippen LogP contribution in [0.2, 0.25) is 0 Å². The molecule has 5 heteroatoms. The predicted octanol–water partition coefficient (Wildman–Crippen LogP) is -2.92. The minimum absolute atomic E-state index is 0. The third kappa shape index (κ3) is 11.9. The van der Waals surface area contributed by atoms with Crippen LogP contribution < -0.4 is 5.64 Å². The van der Waals surface area contributed by atoms with E-state index < -0.39 is 0 Å². The lowest BCUT2D eigenvalue weighted by Gasteiger charge is -1.62. The molecular weight excluding hydrogens is 73.4 g/mol. The second kappa shape index (κ2) is 8.82. The maximum atomic E-state index is 4.72. The Morgan fingerprint density at radius 3 is 1.80 bits per heavy atom. The molecule has 0 fully saturated rings. The van der Waals surface area contributed by atoms with Gasteiger partial charge in [0.15, 0.2) is 17.4 Å². The number of rotatable bonds is 1. The van der Waals surface area contributed by atoms with E-state index in [9.17, 15) is 0 Å². The molecule has 1 nitrogen and oxygen atoms in total. The Kier molecular flexibility index (Phi) is 16.2. The van der Waals surface area contributed by atoms with Crippen LogP contribution in [-0.4, -0.2) is 39.5 Å². The molecule has 0 aromatic carbocycles. The highest BCUT2D eigenvalue weighted by Gasteiger charge is 1.64. The minimum atomic E-state index is 0. The molecule has 0 heterocycles. The monoisotopic (exact) mass is 79.1 g/mol. The SMILES string of the molecule is [AlH3].[B][B][B]N. The van der Waals surface area contributed by atoms with Gasteiger partial charge >= 0.3 is 0 Å². The fourth-order valence-corrected chi connectivity index (χ4v) is 0. The fraction of sp³-hybridized carbons (Fsp3) is 0. The first-order valence-electron chi connectivity index (χ1n) is 1.00. The maximum absolute atomic E-state index is 4.72. The van der Waals surface area contributed by atoms with Crippen molar-refractivity contribution in [2.24, 2.45) is 5.64 Å². The van der Waals surface area contributed by atoms with E-state index in [1.54, 1.807) is 0 Å². The van der Waals surface area contributed by atoms with Crippen molar-refractivity contribution in [1.82, 2.24) is 0 Å². The summed E-state index contributed by atoms with van der Waals surface area (Å²) in [7, 11) is 7.28. The first-order valence-corrected chi connectivity index (χ1v) is 1.00. The van der Waals surface area contributed by atoms with Crippen LogP contribution in [0.5, 0.6) is 0 Å². The first kappa shape index (κ1) is 9.19. The summed E-state index contributed by atoms with van der Waals surface area (Å²) < 4.78 is 0. The van der Waals surface area contributed by atoms with E-state index in [1.807, 2.05) is 0 Å². The molecule has 0 spiro atoms. The average Bonchev–Trinajstić information content (AvgIpc) is 1.37. The van der Waals surface area contributed by atoms with Crippen LogP contribution in [0.4, 0.5) is 0 Å². The van der Waals surface area contributed by atoms with Gasteiger partial charge in [0, 0.05) is 14.8 Å². The largest absolute Gasteiger partial charge is 0.382 e. The summed E-state index contributed by atoms with van der Waals surface area (Å²) in [6.45, 7) is 0. The molecule has 5 heavy (non-hydrogen) atoms. The summed E-state index contributed by atoms with van der Waals surface area (Å²) in [4.78, 5) is 0. The molecule has 0 aromatic heterocycles. The Balaban J connectivity index is 0. The summed E-state index contributed by atoms with van der Waals surface area (Å²) in [5, 5.41) is 0. The van der Waals surface area contributed by atoms with Crippen molar-refractivity contribution in [2.45, 2.75) is 0 Å². The summed E-state index contributed by atoms with van der Waals surface area (Å²) in [6.07, 6.45) is 0. The molecule has 0 unspecified atom stereocenters. The van der Waals surface area contributed by atoms with E-state index in [-0.39, 0.29) is 17.4 Å². The van der Waals surface area contributed by atoms with Crippen LogP contribution in [0.15, 0.2) is 0 Å². The van der Waals surface area contributed by atoms with Gasteiger partial charge in [0.2, 0.25) is 0 Å². The van der Waals surface area contributed by atoms with Crippen molar-refractivity contribution in [3.05, 3.63) is 0 Å². The lowest BCUT2D eigenvalue weighted by Crippen LogP contribution is -2.13. The van der Waals surface area contributed by atoms with Crippen molar-refractivity contribution in [3.8, 4) is 0 Å². The van der Waals surface area contributed by atoms with Gasteiger partial charge in [-0.15, -0.1) is 0 Å². The number of hydrogen-bond donors (Lipinski definition) is 1. The van der Waals surface area contributed by atoms with E-state index in [1.165, 1.54) is 14.4 Å². The number of nitrogens with two attached hydrogens (primary N) is 1. The summed E-state index contributed by atoms with van der Waals surface area (Å²) >= 11 is 0. The van der Waals surface area contributed by atoms with E-state index >= 15 is 0 Å². The Morgan fingerprint density at radius 2 is 1.80 bits per heavy atom. The van der Waals surface area contributed by atoms with Crippen LogP contribution in [0, 0.1) is 0 Å². The van der Waals surface area contributed by atoms with E-state index in [0.717, 1.165) is 0 Å². The predicted molar refractivity (Wildman–Crippen MR) is 31.4 cm³/mol. The molecule has 0 saturated carbocycles. The Hall–Kier alpha value is 0.687. The van der Waals surface area contributed by atoms with Crippen LogP contribution in [0.1, 0.15) is 0 Å². The molecule has 0 atom stereocenters. The van der Waals surface area contributed by atoms with Gasteiger partial charge < -0.3 is 5.64 Å². The van der Waals surface area contributed by atoms with Gasteiger partial charge in [-0.2, -0.15) is 0 Å². The smallest absolute Gasteiger partial charge is 0.187 e. The second-order valence-electron chi connectivity index (χ2n) is 0.385. The van der Waals surface area contributed by atoms with Crippen molar-refractivity contribution >= 4 is 39.5 Å². The molecule has 0 rings (SSSR count). The molecule has 0 aromatic rings. The highest BCUT2D eigenvalue weighted by atomic mass is 27.0. The van der Waals surface area contributed by atoms with Crippen molar-refractivity contribution in [3.63, 3.8) is 0 Å². The molecular formula is H5AlB3N. The van der Waals surface area contributed by atoms with Crippen LogP contribution in [0.25, 0.3) is 0 Å². The molecule has 0 bridgehead atoms. The zero-order valence-corrected chi connectivity index (χ0v) is 2.31. The number of hydrogen-bond acceptors (Lipinski definition) is 1. The van der Waals surface area contributed by atoms with Crippen molar-refractivity contribution in [2.75, 3.05) is 0 Å². The quantitative estimate of drug-likeness (QED) is 0.334. The Morgan fingerprint density at radius 1 is 1.60 bits per heavy atom. The summed E-state index contributed by atoms with van der Waals surface area (Å²) in [5.74, 6) is 0. The van der Waals surface area contributed by atoms with Crippen molar-refractivity contribution < 1.29 is 0 Å². The summed E-state index contributed by atoms with van der Waals surface area (Å²) in [5.41, 5.74) is 4.72. The summed E-state index contributed by atoms with van der Waals surface area (Å²) in [6, 6.07) is 0. The van der Waals surface area contributed by atoms with Crippen LogP contribution >= 0.6 is 0 Å². The molecule has 0 amide bonds. The van der Waals surface area contributed by atoms with Gasteiger partial charge in [0.1, 0.15) is 7.31 Å². The third-order valence-corrected chi connectivity index (χ3v) is 0.111. The second-order valence-corrected chi connectivity index (χ2v) is 0.385. The lowest BCUT2D eigenvalue weighted by molar-refractivity contribution is 1.98. The minimum Gasteiger partial charge on any atom is -0.382 e. The molecule has 4 radical (unpaired) electrons. The molecule has 0 aliphatic rings. The van der Waals surface area contributed by atoms with E-state index in [4.69, 9.17) is 13.4 Å². The van der Waals surface area contributed by atoms with Gasteiger partial charge in [-0.05, 0) is 0 Å². The first-order chi connectivity index (χ1) is 1.91. The Bertz CT molecular complexity index is 8.85. The third-order valence-electron chi connectivity index (χ3n) is 0.111. The molecule has 22 valence electrons. The molecule has 2 N–H and O–H groups in total. The van der Waals surface area contributed by atoms with Gasteiger partial charge in [-0.3, -0.25) is 0 Å². The highest BCUT2D eigenvalue weighted by Crippen LogP contribution is 1.17. The van der Waals surface area contributed by atoms with Crippen molar-refractivity contribution in [1.29, 1.82) is 0 Å². The highest BCUT2D eigenvalue weighted by molar-refractivity contribution is 7.22. The lowest BCUT2D eigenvalue weighted by atomic mass is 9.34. The van der Waals surface area contributed by atoms with Crippen LogP contribution in [0.3, 0.4) is 0 Å². The normalized spacial score (nSPS) is 4.20. The van der Waals surface area contributed by atoms with Gasteiger partial charge in [0.05, 0.1) is 0 Å². The maximum Gasteiger partial charge on any atom is 0.187 e. The van der Waals surface area contributed by atoms with Gasteiger partial charge in [0.25, 0.3) is 0 Å². The fourth-order valence-electron chi connectivity index (χ4n) is 0. The Labute approximate surface area is 45.7 Å². The topological polar surface area (TPSA) is 26.0 Å². The van der Waals surface area contributed by atoms with E-state index in [2.05, 4.69) is 0 Å². The zero-order chi connectivity index (χ0) is 3.41. The molecule has 0 aliphatic carbocycles. The molecule has 0 saturated heterocycles. The van der Waals surface area contributed by atoms with Gasteiger partial charge in [-0.1, -0.05) is 0 Å². The van der Waals surface area contributed by atoms with Gasteiger partial charge in [-0.25, -0.2) is 0 Å².